The van der Waals surface area contributed by atoms with Gasteiger partial charge in [-0.05, 0) is 70.7 Å². The van der Waals surface area contributed by atoms with Crippen LogP contribution in [0.25, 0.3) is 0 Å². The van der Waals surface area contributed by atoms with Crippen molar-refractivity contribution in [3.8, 4) is 0 Å². The summed E-state index contributed by atoms with van der Waals surface area (Å²) in [5.74, 6) is -0.0250. The Bertz CT molecular complexity index is 1010. The zero-order valence-electron chi connectivity index (χ0n) is 24.0. The third kappa shape index (κ3) is 7.78. The van der Waals surface area contributed by atoms with E-state index in [4.69, 9.17) is 0 Å². The molecule has 2 aliphatic heterocycles. The molecule has 1 aromatic carbocycles. The standard InChI is InChI=1S/C30H46FN5O3/c1-29(2,3)34-28(39)30(19-22-6-5-7-22)12-15-36(16-13-30)27(38)24(18-21-8-10-23(31)11-9-21)33-26(37)25-20-35(4)17-14-32-25/h8-11,22,24-25,32H,5-7,12-20H2,1-4H3,(H,33,37)(H,34,39)/t24-,25+/m1/s1. The first-order valence-electron chi connectivity index (χ1n) is 14.5. The summed E-state index contributed by atoms with van der Waals surface area (Å²) in [5, 5.41) is 9.46. The van der Waals surface area contributed by atoms with Crippen LogP contribution < -0.4 is 16.0 Å². The van der Waals surface area contributed by atoms with Gasteiger partial charge in [-0.3, -0.25) is 14.4 Å². The largest absolute Gasteiger partial charge is 0.351 e. The lowest BCUT2D eigenvalue weighted by Crippen LogP contribution is -2.61. The van der Waals surface area contributed by atoms with Gasteiger partial charge in [0.1, 0.15) is 11.9 Å². The molecular formula is C30H46FN5O3. The molecule has 0 radical (unpaired) electrons. The monoisotopic (exact) mass is 543 g/mol. The number of carbonyl (C=O) groups excluding carboxylic acids is 3. The predicted octanol–water partition coefficient (Wildman–Crippen LogP) is 2.47. The second-order valence-electron chi connectivity index (χ2n) is 13.0. The van der Waals surface area contributed by atoms with Crippen LogP contribution in [0, 0.1) is 17.2 Å². The Morgan fingerprint density at radius 3 is 2.33 bits per heavy atom. The van der Waals surface area contributed by atoms with Gasteiger partial charge in [0.15, 0.2) is 0 Å². The molecule has 1 saturated carbocycles. The molecule has 39 heavy (non-hydrogen) atoms. The van der Waals surface area contributed by atoms with E-state index in [1.54, 1.807) is 17.0 Å². The number of hydrogen-bond acceptors (Lipinski definition) is 5. The molecular weight excluding hydrogens is 497 g/mol. The van der Waals surface area contributed by atoms with Gasteiger partial charge in [0, 0.05) is 44.7 Å². The normalized spacial score (nSPS) is 23.0. The average molecular weight is 544 g/mol. The highest BCUT2D eigenvalue weighted by atomic mass is 19.1. The summed E-state index contributed by atoms with van der Waals surface area (Å²) in [7, 11) is 1.97. The van der Waals surface area contributed by atoms with Crippen LogP contribution in [-0.2, 0) is 20.8 Å². The minimum Gasteiger partial charge on any atom is -0.351 e. The number of benzene rings is 1. The van der Waals surface area contributed by atoms with Crippen molar-refractivity contribution in [2.75, 3.05) is 39.8 Å². The second kappa shape index (κ2) is 12.3. The van der Waals surface area contributed by atoms with Crippen molar-refractivity contribution < 1.29 is 18.8 Å². The maximum absolute atomic E-state index is 13.9. The Morgan fingerprint density at radius 2 is 1.77 bits per heavy atom. The molecule has 8 nitrogen and oxygen atoms in total. The Balaban J connectivity index is 1.47. The van der Waals surface area contributed by atoms with E-state index >= 15 is 0 Å². The number of piperazine rings is 1. The predicted molar refractivity (Wildman–Crippen MR) is 149 cm³/mol. The zero-order chi connectivity index (χ0) is 28.2. The molecule has 1 aromatic rings. The van der Waals surface area contributed by atoms with Crippen LogP contribution in [0.15, 0.2) is 24.3 Å². The fourth-order valence-corrected chi connectivity index (χ4v) is 6.02. The lowest BCUT2D eigenvalue weighted by molar-refractivity contribution is -0.145. The van der Waals surface area contributed by atoms with Gasteiger partial charge in [-0.1, -0.05) is 31.4 Å². The molecule has 3 aliphatic rings. The Kier molecular flexibility index (Phi) is 9.32. The van der Waals surface area contributed by atoms with Crippen LogP contribution in [0.1, 0.15) is 64.9 Å². The number of halogens is 1. The van der Waals surface area contributed by atoms with E-state index in [2.05, 4.69) is 20.9 Å². The second-order valence-corrected chi connectivity index (χ2v) is 13.0. The summed E-state index contributed by atoms with van der Waals surface area (Å²) in [6.07, 6.45) is 5.94. The van der Waals surface area contributed by atoms with Crippen LogP contribution in [0.3, 0.4) is 0 Å². The van der Waals surface area contributed by atoms with Crippen LogP contribution in [-0.4, -0.2) is 84.9 Å². The number of carbonyl (C=O) groups is 3. The van der Waals surface area contributed by atoms with Crippen LogP contribution in [0.2, 0.25) is 0 Å². The molecule has 1 aliphatic carbocycles. The first-order chi connectivity index (χ1) is 18.4. The van der Waals surface area contributed by atoms with Crippen molar-refractivity contribution in [1.82, 2.24) is 25.8 Å². The minimum atomic E-state index is -0.764. The van der Waals surface area contributed by atoms with Gasteiger partial charge >= 0.3 is 0 Å². The maximum atomic E-state index is 13.9. The van der Waals surface area contributed by atoms with Crippen molar-refractivity contribution >= 4 is 17.7 Å². The van der Waals surface area contributed by atoms with Crippen LogP contribution in [0.4, 0.5) is 4.39 Å². The molecule has 0 bridgehead atoms. The lowest BCUT2D eigenvalue weighted by atomic mass is 9.66. The van der Waals surface area contributed by atoms with Crippen LogP contribution in [0.5, 0.6) is 0 Å². The quantitative estimate of drug-likeness (QED) is 0.469. The molecule has 4 rings (SSSR count). The van der Waals surface area contributed by atoms with E-state index in [0.29, 0.717) is 44.9 Å². The number of likely N-dealkylation sites (N-methyl/N-ethyl adjacent to an activating group) is 1. The smallest absolute Gasteiger partial charge is 0.245 e. The average Bonchev–Trinajstić information content (AvgIpc) is 2.86. The van der Waals surface area contributed by atoms with E-state index in [1.807, 2.05) is 27.8 Å². The summed E-state index contributed by atoms with van der Waals surface area (Å²) in [5.41, 5.74) is -0.00574. The molecule has 0 spiro atoms. The number of likely N-dealkylation sites (tertiary alicyclic amines) is 1. The van der Waals surface area contributed by atoms with E-state index < -0.39 is 17.5 Å². The van der Waals surface area contributed by atoms with Gasteiger partial charge in [-0.2, -0.15) is 0 Å². The molecule has 3 N–H and O–H groups in total. The first-order valence-corrected chi connectivity index (χ1v) is 14.5. The first kappa shape index (κ1) is 29.5. The number of hydrogen-bond donors (Lipinski definition) is 3. The highest BCUT2D eigenvalue weighted by Crippen LogP contribution is 2.44. The van der Waals surface area contributed by atoms with Crippen molar-refractivity contribution in [3.63, 3.8) is 0 Å². The summed E-state index contributed by atoms with van der Waals surface area (Å²) in [4.78, 5) is 44.5. The third-order valence-electron chi connectivity index (χ3n) is 8.57. The summed E-state index contributed by atoms with van der Waals surface area (Å²) >= 11 is 0. The highest BCUT2D eigenvalue weighted by molar-refractivity contribution is 5.90. The third-order valence-corrected chi connectivity index (χ3v) is 8.57. The van der Waals surface area contributed by atoms with Crippen molar-refractivity contribution in [2.24, 2.45) is 11.3 Å². The molecule has 0 unspecified atom stereocenters. The van der Waals surface area contributed by atoms with Crippen molar-refractivity contribution in [3.05, 3.63) is 35.6 Å². The van der Waals surface area contributed by atoms with Crippen LogP contribution >= 0.6 is 0 Å². The Morgan fingerprint density at radius 1 is 1.10 bits per heavy atom. The fraction of sp³-hybridized carbons (Fsp3) is 0.700. The summed E-state index contributed by atoms with van der Waals surface area (Å²) in [6.45, 7) is 9.09. The Hall–Kier alpha value is -2.52. The molecule has 2 saturated heterocycles. The number of nitrogens with zero attached hydrogens (tertiary/aromatic N) is 2. The zero-order valence-corrected chi connectivity index (χ0v) is 24.0. The fourth-order valence-electron chi connectivity index (χ4n) is 6.02. The van der Waals surface area contributed by atoms with E-state index in [0.717, 1.165) is 18.5 Å². The van der Waals surface area contributed by atoms with Gasteiger partial charge in [0.2, 0.25) is 17.7 Å². The van der Waals surface area contributed by atoms with Gasteiger partial charge in [0.05, 0.1) is 11.5 Å². The maximum Gasteiger partial charge on any atom is 0.245 e. The van der Waals surface area contributed by atoms with E-state index in [1.165, 1.54) is 31.4 Å². The van der Waals surface area contributed by atoms with Gasteiger partial charge in [-0.15, -0.1) is 0 Å². The lowest BCUT2D eigenvalue weighted by Gasteiger charge is -2.45. The molecule has 216 valence electrons. The number of piperidine rings is 1. The van der Waals surface area contributed by atoms with Gasteiger partial charge in [-0.25, -0.2) is 4.39 Å². The molecule has 0 aromatic heterocycles. The summed E-state index contributed by atoms with van der Waals surface area (Å²) < 4.78 is 13.5. The number of amides is 3. The van der Waals surface area contributed by atoms with Gasteiger partial charge in [0.25, 0.3) is 0 Å². The van der Waals surface area contributed by atoms with E-state index in [9.17, 15) is 18.8 Å². The molecule has 2 atom stereocenters. The van der Waals surface area contributed by atoms with Crippen molar-refractivity contribution in [1.29, 1.82) is 0 Å². The van der Waals surface area contributed by atoms with Gasteiger partial charge < -0.3 is 25.8 Å². The molecule has 9 heteroatoms. The highest BCUT2D eigenvalue weighted by Gasteiger charge is 2.46. The van der Waals surface area contributed by atoms with Crippen molar-refractivity contribution in [2.45, 2.75) is 83.3 Å². The topological polar surface area (TPSA) is 93.8 Å². The number of nitrogens with one attached hydrogen (secondary N) is 3. The molecule has 2 heterocycles. The molecule has 3 fully saturated rings. The number of rotatable bonds is 8. The minimum absolute atomic E-state index is 0.0951. The summed E-state index contributed by atoms with van der Waals surface area (Å²) in [6, 6.07) is 4.90. The van der Waals surface area contributed by atoms with E-state index in [-0.39, 0.29) is 35.5 Å². The molecule has 3 amide bonds. The Labute approximate surface area is 232 Å². The SMILES string of the molecule is CN1CCN[C@H](C(=O)N[C@H](Cc2ccc(F)cc2)C(=O)N2CCC(CC3CCC3)(C(=O)NC(C)(C)C)CC2)C1.